The molecule has 0 aliphatic heterocycles. The van der Waals surface area contributed by atoms with Gasteiger partial charge in [0.05, 0.1) is 22.2 Å². The molecule has 0 atom stereocenters. The van der Waals surface area contributed by atoms with Gasteiger partial charge in [0, 0.05) is 17.7 Å². The molecule has 0 radical (unpaired) electrons. The fourth-order valence-electron chi connectivity index (χ4n) is 2.47. The normalized spacial score (nSPS) is 11.1. The zero-order valence-electron chi connectivity index (χ0n) is 13.4. The minimum atomic E-state index is -0.483. The number of hydrazone groups is 1. The molecule has 8 heteroatoms. The zero-order chi connectivity index (χ0) is 17.8. The fourth-order valence-corrected chi connectivity index (χ4v) is 2.47. The molecule has 1 heterocycles. The third kappa shape index (κ3) is 3.69. The summed E-state index contributed by atoms with van der Waals surface area (Å²) in [5.41, 5.74) is 4.62. The van der Waals surface area contributed by atoms with Crippen LogP contribution in [0, 0.1) is 17.0 Å². The average Bonchev–Trinajstić information content (AvgIpc) is 2.91. The quantitative estimate of drug-likeness (QED) is 0.439. The van der Waals surface area contributed by atoms with Crippen molar-refractivity contribution in [3.8, 4) is 0 Å². The number of imidazole rings is 1. The number of amides is 1. The van der Waals surface area contributed by atoms with E-state index < -0.39 is 4.92 Å². The molecule has 0 fully saturated rings. The van der Waals surface area contributed by atoms with Gasteiger partial charge in [0.1, 0.15) is 12.4 Å². The number of carbonyl (C=O) groups excluding carboxylic acids is 1. The second kappa shape index (κ2) is 6.91. The van der Waals surface area contributed by atoms with E-state index in [0.717, 1.165) is 16.9 Å². The predicted octanol–water partition coefficient (Wildman–Crippen LogP) is 2.40. The number of nitro groups is 1. The summed E-state index contributed by atoms with van der Waals surface area (Å²) in [5.74, 6) is 0.423. The van der Waals surface area contributed by atoms with Crippen LogP contribution in [0.2, 0.25) is 0 Å². The molecule has 3 aromatic rings. The maximum atomic E-state index is 12.1. The van der Waals surface area contributed by atoms with E-state index in [1.807, 2.05) is 31.2 Å². The Morgan fingerprint density at radius 2 is 2.12 bits per heavy atom. The molecule has 0 bridgehead atoms. The summed E-state index contributed by atoms with van der Waals surface area (Å²) in [6, 6.07) is 13.6. The van der Waals surface area contributed by atoms with Gasteiger partial charge < -0.3 is 4.57 Å². The Bertz CT molecular complexity index is 977. The number of aromatic nitrogens is 2. The smallest absolute Gasteiger partial charge is 0.270 e. The van der Waals surface area contributed by atoms with Crippen LogP contribution in [0.3, 0.4) is 0 Å². The minimum absolute atomic E-state index is 0.0317. The van der Waals surface area contributed by atoms with Crippen molar-refractivity contribution in [2.24, 2.45) is 5.10 Å². The molecule has 126 valence electrons. The van der Waals surface area contributed by atoms with Gasteiger partial charge in [0.2, 0.25) is 0 Å². The maximum absolute atomic E-state index is 12.1. The lowest BCUT2D eigenvalue weighted by molar-refractivity contribution is -0.384. The summed E-state index contributed by atoms with van der Waals surface area (Å²) in [6.45, 7) is 1.91. The molecule has 0 saturated heterocycles. The third-order valence-electron chi connectivity index (χ3n) is 3.63. The monoisotopic (exact) mass is 337 g/mol. The Balaban J connectivity index is 1.67. The second-order valence-corrected chi connectivity index (χ2v) is 5.38. The molecule has 1 aromatic heterocycles. The lowest BCUT2D eigenvalue weighted by atomic mass is 10.2. The van der Waals surface area contributed by atoms with Crippen molar-refractivity contribution >= 4 is 28.8 Å². The van der Waals surface area contributed by atoms with Gasteiger partial charge in [-0.15, -0.1) is 0 Å². The minimum Gasteiger partial charge on any atom is -0.319 e. The molecule has 25 heavy (non-hydrogen) atoms. The van der Waals surface area contributed by atoms with E-state index in [2.05, 4.69) is 15.5 Å². The van der Waals surface area contributed by atoms with Crippen molar-refractivity contribution in [3.63, 3.8) is 0 Å². The molecule has 0 spiro atoms. The largest absolute Gasteiger partial charge is 0.319 e. The number of non-ortho nitro benzene ring substituents is 1. The van der Waals surface area contributed by atoms with Crippen LogP contribution in [0.1, 0.15) is 11.4 Å². The number of hydrogen-bond donors (Lipinski definition) is 1. The van der Waals surface area contributed by atoms with Crippen molar-refractivity contribution in [2.75, 3.05) is 0 Å². The summed E-state index contributed by atoms with van der Waals surface area (Å²) in [4.78, 5) is 26.7. The van der Waals surface area contributed by atoms with Crippen LogP contribution >= 0.6 is 0 Å². The summed E-state index contributed by atoms with van der Waals surface area (Å²) in [5, 5.41) is 14.6. The van der Waals surface area contributed by atoms with Gasteiger partial charge in [0.25, 0.3) is 11.6 Å². The van der Waals surface area contributed by atoms with Gasteiger partial charge in [-0.3, -0.25) is 14.9 Å². The van der Waals surface area contributed by atoms with Crippen LogP contribution in [-0.2, 0) is 11.3 Å². The summed E-state index contributed by atoms with van der Waals surface area (Å²) in [6.07, 6.45) is 1.36. The Hall–Kier alpha value is -3.55. The van der Waals surface area contributed by atoms with Gasteiger partial charge in [0.15, 0.2) is 0 Å². The molecule has 0 saturated carbocycles. The number of hydrogen-bond acceptors (Lipinski definition) is 5. The van der Waals surface area contributed by atoms with E-state index in [4.69, 9.17) is 0 Å². The molecule has 0 unspecified atom stereocenters. The predicted molar refractivity (Wildman–Crippen MR) is 93.3 cm³/mol. The molecule has 0 aliphatic rings. The lowest BCUT2D eigenvalue weighted by Crippen LogP contribution is -2.23. The van der Waals surface area contributed by atoms with Gasteiger partial charge >= 0.3 is 0 Å². The van der Waals surface area contributed by atoms with Crippen LogP contribution in [0.25, 0.3) is 11.0 Å². The first kappa shape index (κ1) is 16.3. The highest BCUT2D eigenvalue weighted by Gasteiger charge is 2.10. The lowest BCUT2D eigenvalue weighted by Gasteiger charge is -2.05. The van der Waals surface area contributed by atoms with Crippen LogP contribution in [0.5, 0.6) is 0 Å². The van der Waals surface area contributed by atoms with Gasteiger partial charge in [-0.2, -0.15) is 5.10 Å². The topological polar surface area (TPSA) is 102 Å². The van der Waals surface area contributed by atoms with Crippen LogP contribution < -0.4 is 5.43 Å². The van der Waals surface area contributed by atoms with E-state index in [0.29, 0.717) is 5.56 Å². The van der Waals surface area contributed by atoms with E-state index in [1.165, 1.54) is 18.3 Å². The number of benzene rings is 2. The van der Waals surface area contributed by atoms with Gasteiger partial charge in [-0.05, 0) is 19.1 Å². The number of nitro benzene ring substituents is 1. The Morgan fingerprint density at radius 1 is 1.32 bits per heavy atom. The van der Waals surface area contributed by atoms with E-state index in [9.17, 15) is 14.9 Å². The number of carbonyl (C=O) groups is 1. The van der Waals surface area contributed by atoms with Crippen molar-refractivity contribution < 1.29 is 9.72 Å². The molecule has 8 nitrogen and oxygen atoms in total. The molecule has 3 rings (SSSR count). The first-order valence-corrected chi connectivity index (χ1v) is 7.53. The molecule has 1 N–H and O–H groups in total. The number of nitrogens with one attached hydrogen (secondary N) is 1. The van der Waals surface area contributed by atoms with Crippen molar-refractivity contribution in [1.29, 1.82) is 0 Å². The van der Waals surface area contributed by atoms with E-state index >= 15 is 0 Å². The van der Waals surface area contributed by atoms with Crippen molar-refractivity contribution in [3.05, 3.63) is 70.0 Å². The highest BCUT2D eigenvalue weighted by Crippen LogP contribution is 2.15. The van der Waals surface area contributed by atoms with Crippen LogP contribution in [0.15, 0.2) is 53.6 Å². The Labute approximate surface area is 142 Å². The zero-order valence-corrected chi connectivity index (χ0v) is 13.4. The standard InChI is InChI=1S/C17H15N5O3/c1-12-19-15-7-2-3-8-16(15)21(12)11-17(23)20-18-10-13-5-4-6-14(9-13)22(24)25/h2-10H,11H2,1H3,(H,20,23). The van der Waals surface area contributed by atoms with E-state index in [-0.39, 0.29) is 18.1 Å². The Morgan fingerprint density at radius 3 is 2.92 bits per heavy atom. The number of nitrogens with zero attached hydrogens (tertiary/aromatic N) is 4. The van der Waals surface area contributed by atoms with Gasteiger partial charge in [-0.1, -0.05) is 24.3 Å². The second-order valence-electron chi connectivity index (χ2n) is 5.38. The highest BCUT2D eigenvalue weighted by molar-refractivity contribution is 5.84. The molecule has 1 amide bonds. The maximum Gasteiger partial charge on any atom is 0.270 e. The Kier molecular flexibility index (Phi) is 4.51. The number of aryl methyl sites for hydroxylation is 1. The summed E-state index contributed by atoms with van der Waals surface area (Å²) < 4.78 is 1.80. The summed E-state index contributed by atoms with van der Waals surface area (Å²) in [7, 11) is 0. The molecular formula is C17H15N5O3. The highest BCUT2D eigenvalue weighted by atomic mass is 16.6. The number of rotatable bonds is 5. The number of para-hydroxylation sites is 2. The molecule has 0 aliphatic carbocycles. The number of fused-ring (bicyclic) bond motifs is 1. The average molecular weight is 337 g/mol. The first-order chi connectivity index (χ1) is 12.0. The van der Waals surface area contributed by atoms with Crippen molar-refractivity contribution in [1.82, 2.24) is 15.0 Å². The molecular weight excluding hydrogens is 322 g/mol. The van der Waals surface area contributed by atoms with E-state index in [1.54, 1.807) is 16.7 Å². The van der Waals surface area contributed by atoms with Crippen LogP contribution in [-0.4, -0.2) is 26.6 Å². The fraction of sp³-hybridized carbons (Fsp3) is 0.118. The van der Waals surface area contributed by atoms with Gasteiger partial charge in [-0.25, -0.2) is 10.4 Å². The van der Waals surface area contributed by atoms with Crippen molar-refractivity contribution in [2.45, 2.75) is 13.5 Å². The van der Waals surface area contributed by atoms with Crippen LogP contribution in [0.4, 0.5) is 5.69 Å². The third-order valence-corrected chi connectivity index (χ3v) is 3.63. The first-order valence-electron chi connectivity index (χ1n) is 7.53. The SMILES string of the molecule is Cc1nc2ccccc2n1CC(=O)NN=Cc1cccc([N+](=O)[O-])c1. The molecule has 2 aromatic carbocycles. The summed E-state index contributed by atoms with van der Waals surface area (Å²) >= 11 is 0.